The van der Waals surface area contributed by atoms with E-state index >= 15 is 0 Å². The van der Waals surface area contributed by atoms with E-state index in [-0.39, 0.29) is 0 Å². The lowest BCUT2D eigenvalue weighted by molar-refractivity contribution is 0.738. The molecule has 0 aliphatic carbocycles. The summed E-state index contributed by atoms with van der Waals surface area (Å²) in [7, 11) is 0. The minimum absolute atomic E-state index is 0.306. The Labute approximate surface area is 64.7 Å². The molecule has 0 saturated carbocycles. The summed E-state index contributed by atoms with van der Waals surface area (Å²) in [5.41, 5.74) is 0. The van der Waals surface area contributed by atoms with Crippen LogP contribution in [0.2, 0.25) is 0 Å². The molecule has 0 aromatic heterocycles. The van der Waals surface area contributed by atoms with E-state index in [1.165, 1.54) is 0 Å². The molecule has 0 heterocycles. The first-order chi connectivity index (χ1) is 3.72. The second kappa shape index (κ2) is 4.63. The molecule has 0 aliphatic heterocycles. The van der Waals surface area contributed by atoms with E-state index < -0.39 is 0 Å². The average molecular weight is 200 g/mol. The molecule has 8 heavy (non-hydrogen) atoms. The van der Waals surface area contributed by atoms with Crippen molar-refractivity contribution in [2.24, 2.45) is 0 Å². The molecule has 0 aromatic carbocycles. The number of alkyl halides is 2. The summed E-state index contributed by atoms with van der Waals surface area (Å²) in [6.45, 7) is 4.23. The average Bonchev–Trinajstić information content (AvgIpc) is 1.84. The van der Waals surface area contributed by atoms with Gasteiger partial charge in [-0.1, -0.05) is 29.8 Å². The SMILES string of the molecule is CCC(Cl)C(Br)CC. The van der Waals surface area contributed by atoms with Gasteiger partial charge in [0, 0.05) is 10.2 Å². The van der Waals surface area contributed by atoms with Crippen molar-refractivity contribution in [2.75, 3.05) is 0 Å². The van der Waals surface area contributed by atoms with Crippen molar-refractivity contribution in [1.82, 2.24) is 0 Å². The third-order valence-corrected chi connectivity index (χ3v) is 3.38. The topological polar surface area (TPSA) is 0 Å². The summed E-state index contributed by atoms with van der Waals surface area (Å²) in [5.74, 6) is 0. The van der Waals surface area contributed by atoms with Gasteiger partial charge in [0.1, 0.15) is 0 Å². The maximum atomic E-state index is 5.87. The highest BCUT2D eigenvalue weighted by molar-refractivity contribution is 9.09. The van der Waals surface area contributed by atoms with Crippen molar-refractivity contribution in [2.45, 2.75) is 36.9 Å². The van der Waals surface area contributed by atoms with Gasteiger partial charge in [-0.3, -0.25) is 0 Å². The fraction of sp³-hybridized carbons (Fsp3) is 1.00. The van der Waals surface area contributed by atoms with Crippen LogP contribution in [0.4, 0.5) is 0 Å². The molecule has 0 aromatic rings. The van der Waals surface area contributed by atoms with Crippen LogP contribution in [-0.2, 0) is 0 Å². The first-order valence-electron chi connectivity index (χ1n) is 3.00. The third kappa shape index (κ3) is 2.93. The zero-order valence-electron chi connectivity index (χ0n) is 5.32. The normalized spacial score (nSPS) is 18.0. The zero-order valence-corrected chi connectivity index (χ0v) is 7.67. The van der Waals surface area contributed by atoms with Gasteiger partial charge in [-0.25, -0.2) is 0 Å². The number of hydrogen-bond donors (Lipinski definition) is 0. The lowest BCUT2D eigenvalue weighted by Crippen LogP contribution is -2.11. The lowest BCUT2D eigenvalue weighted by atomic mass is 10.2. The van der Waals surface area contributed by atoms with E-state index in [0.29, 0.717) is 10.2 Å². The van der Waals surface area contributed by atoms with Gasteiger partial charge in [0.2, 0.25) is 0 Å². The molecular formula is C6H12BrCl. The van der Waals surface area contributed by atoms with Crippen molar-refractivity contribution in [3.05, 3.63) is 0 Å². The van der Waals surface area contributed by atoms with E-state index in [2.05, 4.69) is 29.8 Å². The summed E-state index contributed by atoms with van der Waals surface area (Å²) in [6, 6.07) is 0. The van der Waals surface area contributed by atoms with Crippen LogP contribution >= 0.6 is 27.5 Å². The Bertz CT molecular complexity index is 48.5. The summed E-state index contributed by atoms with van der Waals surface area (Å²) in [6.07, 6.45) is 2.16. The second-order valence-corrected chi connectivity index (χ2v) is 3.59. The Hall–Kier alpha value is 0.770. The fourth-order valence-corrected chi connectivity index (χ4v) is 1.06. The highest BCUT2D eigenvalue weighted by atomic mass is 79.9. The van der Waals surface area contributed by atoms with Crippen molar-refractivity contribution in [1.29, 1.82) is 0 Å². The van der Waals surface area contributed by atoms with Crippen LogP contribution in [-0.4, -0.2) is 10.2 Å². The smallest absolute Gasteiger partial charge is 0.0458 e. The fourth-order valence-electron chi connectivity index (χ4n) is 0.512. The van der Waals surface area contributed by atoms with E-state index in [4.69, 9.17) is 11.6 Å². The van der Waals surface area contributed by atoms with Gasteiger partial charge in [-0.05, 0) is 12.8 Å². The number of halogens is 2. The molecule has 0 rings (SSSR count). The molecule has 50 valence electrons. The molecule has 2 heteroatoms. The first-order valence-corrected chi connectivity index (χ1v) is 4.35. The van der Waals surface area contributed by atoms with Crippen LogP contribution < -0.4 is 0 Å². The van der Waals surface area contributed by atoms with E-state index in [1.54, 1.807) is 0 Å². The Kier molecular flexibility index (Phi) is 5.08. The molecule has 0 saturated heterocycles. The Balaban J connectivity index is 3.29. The van der Waals surface area contributed by atoms with Gasteiger partial charge in [-0.15, -0.1) is 11.6 Å². The van der Waals surface area contributed by atoms with Crippen LogP contribution in [0.25, 0.3) is 0 Å². The highest BCUT2D eigenvalue weighted by Crippen LogP contribution is 2.17. The van der Waals surface area contributed by atoms with Gasteiger partial charge < -0.3 is 0 Å². The Morgan fingerprint density at radius 3 is 2.00 bits per heavy atom. The van der Waals surface area contributed by atoms with Gasteiger partial charge in [0.25, 0.3) is 0 Å². The quantitative estimate of drug-likeness (QED) is 0.613. The number of hydrogen-bond acceptors (Lipinski definition) is 0. The molecule has 0 amide bonds. The minimum atomic E-state index is 0.306. The van der Waals surface area contributed by atoms with E-state index in [0.717, 1.165) is 12.8 Å². The predicted molar refractivity (Wildman–Crippen MR) is 42.9 cm³/mol. The molecule has 2 unspecified atom stereocenters. The molecule has 0 aliphatic rings. The molecular weight excluding hydrogens is 187 g/mol. The molecule has 0 nitrogen and oxygen atoms in total. The molecule has 0 spiro atoms. The van der Waals surface area contributed by atoms with Crippen LogP contribution in [0.1, 0.15) is 26.7 Å². The van der Waals surface area contributed by atoms with Crippen LogP contribution in [0.3, 0.4) is 0 Å². The maximum absolute atomic E-state index is 5.87. The molecule has 2 atom stereocenters. The molecule has 0 bridgehead atoms. The zero-order chi connectivity index (χ0) is 6.57. The summed E-state index contributed by atoms with van der Waals surface area (Å²) < 4.78 is 0. The molecule has 0 N–H and O–H groups in total. The summed E-state index contributed by atoms with van der Waals surface area (Å²) in [5, 5.41) is 0.306. The van der Waals surface area contributed by atoms with Crippen molar-refractivity contribution in [3.8, 4) is 0 Å². The summed E-state index contributed by atoms with van der Waals surface area (Å²) in [4.78, 5) is 0.495. The van der Waals surface area contributed by atoms with Crippen LogP contribution in [0, 0.1) is 0 Å². The first kappa shape index (κ1) is 8.77. The van der Waals surface area contributed by atoms with Crippen LogP contribution in [0.15, 0.2) is 0 Å². The van der Waals surface area contributed by atoms with Crippen molar-refractivity contribution >= 4 is 27.5 Å². The maximum Gasteiger partial charge on any atom is 0.0458 e. The Morgan fingerprint density at radius 1 is 1.38 bits per heavy atom. The van der Waals surface area contributed by atoms with Gasteiger partial charge >= 0.3 is 0 Å². The number of rotatable bonds is 3. The standard InChI is InChI=1S/C6H12BrCl/c1-3-5(7)6(8)4-2/h5-6H,3-4H2,1-2H3. The van der Waals surface area contributed by atoms with Crippen molar-refractivity contribution in [3.63, 3.8) is 0 Å². The Morgan fingerprint density at radius 2 is 1.88 bits per heavy atom. The molecule has 0 fully saturated rings. The lowest BCUT2D eigenvalue weighted by Gasteiger charge is -2.10. The van der Waals surface area contributed by atoms with E-state index in [9.17, 15) is 0 Å². The minimum Gasteiger partial charge on any atom is -0.122 e. The van der Waals surface area contributed by atoms with Gasteiger partial charge in [0.15, 0.2) is 0 Å². The monoisotopic (exact) mass is 198 g/mol. The van der Waals surface area contributed by atoms with E-state index in [1.807, 2.05) is 0 Å². The summed E-state index contributed by atoms with van der Waals surface area (Å²) >= 11 is 9.34. The highest BCUT2D eigenvalue weighted by Gasteiger charge is 2.10. The molecule has 0 radical (unpaired) electrons. The largest absolute Gasteiger partial charge is 0.122 e. The van der Waals surface area contributed by atoms with Gasteiger partial charge in [0.05, 0.1) is 0 Å². The van der Waals surface area contributed by atoms with Gasteiger partial charge in [-0.2, -0.15) is 0 Å². The third-order valence-electron chi connectivity index (χ3n) is 1.17. The van der Waals surface area contributed by atoms with Crippen molar-refractivity contribution < 1.29 is 0 Å². The predicted octanol–water partition coefficient (Wildman–Crippen LogP) is 3.18. The second-order valence-electron chi connectivity index (χ2n) is 1.85. The van der Waals surface area contributed by atoms with Crippen LogP contribution in [0.5, 0.6) is 0 Å².